The van der Waals surface area contributed by atoms with E-state index in [1.807, 2.05) is 6.07 Å². The van der Waals surface area contributed by atoms with Crippen LogP contribution in [0.1, 0.15) is 10.4 Å². The number of halogens is 1. The molecule has 0 aliphatic rings. The van der Waals surface area contributed by atoms with Gasteiger partial charge in [-0.1, -0.05) is 24.3 Å². The van der Waals surface area contributed by atoms with E-state index < -0.39 is 11.9 Å². The predicted molar refractivity (Wildman–Crippen MR) is 83.9 cm³/mol. The molecular formula is C15H13BrN2O3. The molecule has 3 N–H and O–H groups in total. The van der Waals surface area contributed by atoms with Gasteiger partial charge in [0, 0.05) is 11.4 Å². The Bertz CT molecular complexity index is 659. The van der Waals surface area contributed by atoms with Crippen LogP contribution in [-0.2, 0) is 9.53 Å². The van der Waals surface area contributed by atoms with E-state index >= 15 is 0 Å². The van der Waals surface area contributed by atoms with Gasteiger partial charge >= 0.3 is 5.97 Å². The van der Waals surface area contributed by atoms with E-state index in [2.05, 4.69) is 21.2 Å². The van der Waals surface area contributed by atoms with E-state index in [4.69, 9.17) is 10.5 Å². The molecule has 0 saturated heterocycles. The Hall–Kier alpha value is -2.34. The van der Waals surface area contributed by atoms with Crippen molar-refractivity contribution in [2.24, 2.45) is 0 Å². The van der Waals surface area contributed by atoms with Crippen molar-refractivity contribution in [1.82, 2.24) is 0 Å². The number of esters is 1. The fourth-order valence-corrected chi connectivity index (χ4v) is 2.06. The van der Waals surface area contributed by atoms with Crippen LogP contribution in [0.2, 0.25) is 0 Å². The van der Waals surface area contributed by atoms with Crippen molar-refractivity contribution in [1.29, 1.82) is 0 Å². The number of para-hydroxylation sites is 1. The summed E-state index contributed by atoms with van der Waals surface area (Å²) in [6.07, 6.45) is 0. The smallest absolute Gasteiger partial charge is 0.339 e. The third kappa shape index (κ3) is 4.06. The number of carbonyl (C=O) groups excluding carboxylic acids is 2. The first-order valence-electron chi connectivity index (χ1n) is 6.14. The zero-order valence-corrected chi connectivity index (χ0v) is 12.6. The van der Waals surface area contributed by atoms with Gasteiger partial charge in [0.1, 0.15) is 0 Å². The van der Waals surface area contributed by atoms with Crippen LogP contribution in [-0.4, -0.2) is 18.5 Å². The second-order valence-electron chi connectivity index (χ2n) is 4.20. The number of anilines is 2. The van der Waals surface area contributed by atoms with E-state index in [0.717, 1.165) is 0 Å². The molecule has 6 heteroatoms. The summed E-state index contributed by atoms with van der Waals surface area (Å²) >= 11 is 3.22. The number of hydrogen-bond donors (Lipinski definition) is 2. The molecule has 2 rings (SSSR count). The van der Waals surface area contributed by atoms with Gasteiger partial charge in [-0.2, -0.15) is 0 Å². The van der Waals surface area contributed by atoms with E-state index in [1.54, 1.807) is 42.5 Å². The van der Waals surface area contributed by atoms with Crippen LogP contribution < -0.4 is 11.1 Å². The lowest BCUT2D eigenvalue weighted by Gasteiger charge is -2.08. The van der Waals surface area contributed by atoms with Gasteiger partial charge in [-0.15, -0.1) is 0 Å². The SMILES string of the molecule is Nc1cccc(C(=O)OCC(=O)Nc2ccccc2)c1Br. The molecule has 0 radical (unpaired) electrons. The Morgan fingerprint density at radius 1 is 1.10 bits per heavy atom. The summed E-state index contributed by atoms with van der Waals surface area (Å²) in [5.74, 6) is -1.02. The largest absolute Gasteiger partial charge is 0.452 e. The Morgan fingerprint density at radius 2 is 1.81 bits per heavy atom. The fourth-order valence-electron chi connectivity index (χ4n) is 1.63. The molecule has 108 valence electrons. The van der Waals surface area contributed by atoms with E-state index in [-0.39, 0.29) is 12.2 Å². The summed E-state index contributed by atoms with van der Waals surface area (Å²) in [7, 11) is 0. The number of amides is 1. The molecule has 0 atom stereocenters. The van der Waals surface area contributed by atoms with Crippen molar-refractivity contribution >= 4 is 39.2 Å². The minimum atomic E-state index is -0.614. The van der Waals surface area contributed by atoms with Gasteiger partial charge in [0.05, 0.1) is 10.0 Å². The van der Waals surface area contributed by atoms with Crippen LogP contribution >= 0.6 is 15.9 Å². The Morgan fingerprint density at radius 3 is 2.52 bits per heavy atom. The summed E-state index contributed by atoms with van der Waals surface area (Å²) in [5, 5.41) is 2.62. The van der Waals surface area contributed by atoms with Crippen LogP contribution in [0.5, 0.6) is 0 Å². The van der Waals surface area contributed by atoms with Gasteiger partial charge in [0.15, 0.2) is 6.61 Å². The maximum atomic E-state index is 11.9. The van der Waals surface area contributed by atoms with E-state index in [0.29, 0.717) is 15.8 Å². The molecule has 21 heavy (non-hydrogen) atoms. The van der Waals surface area contributed by atoms with E-state index in [9.17, 15) is 9.59 Å². The molecule has 2 aromatic carbocycles. The quantitative estimate of drug-likeness (QED) is 0.657. The highest BCUT2D eigenvalue weighted by Crippen LogP contribution is 2.24. The monoisotopic (exact) mass is 348 g/mol. The number of rotatable bonds is 4. The maximum absolute atomic E-state index is 11.9. The van der Waals surface area contributed by atoms with Crippen LogP contribution in [0.25, 0.3) is 0 Å². The standard InChI is InChI=1S/C15H13BrN2O3/c16-14-11(7-4-8-12(14)17)15(20)21-9-13(19)18-10-5-2-1-3-6-10/h1-8H,9,17H2,(H,18,19). The number of carbonyl (C=O) groups is 2. The molecule has 5 nitrogen and oxygen atoms in total. The first kappa shape index (κ1) is 15.1. The first-order valence-corrected chi connectivity index (χ1v) is 6.93. The maximum Gasteiger partial charge on any atom is 0.339 e. The van der Waals surface area contributed by atoms with Gasteiger partial charge in [0.2, 0.25) is 0 Å². The predicted octanol–water partition coefficient (Wildman–Crippen LogP) is 2.83. The van der Waals surface area contributed by atoms with Crippen LogP contribution in [0.3, 0.4) is 0 Å². The highest BCUT2D eigenvalue weighted by molar-refractivity contribution is 9.10. The highest BCUT2D eigenvalue weighted by Gasteiger charge is 2.14. The lowest BCUT2D eigenvalue weighted by Crippen LogP contribution is -2.21. The minimum absolute atomic E-state index is 0.280. The summed E-state index contributed by atoms with van der Waals surface area (Å²) in [5.41, 5.74) is 7.03. The Labute approximate surface area is 130 Å². The zero-order valence-electron chi connectivity index (χ0n) is 11.0. The average Bonchev–Trinajstić information content (AvgIpc) is 2.48. The van der Waals surface area contributed by atoms with Crippen LogP contribution in [0, 0.1) is 0 Å². The number of ether oxygens (including phenoxy) is 1. The number of hydrogen-bond acceptors (Lipinski definition) is 4. The summed E-state index contributed by atoms with van der Waals surface area (Å²) in [4.78, 5) is 23.6. The van der Waals surface area contributed by atoms with E-state index in [1.165, 1.54) is 0 Å². The molecule has 0 unspecified atom stereocenters. The minimum Gasteiger partial charge on any atom is -0.452 e. The van der Waals surface area contributed by atoms with Gasteiger partial charge in [-0.05, 0) is 40.2 Å². The Kier molecular flexibility index (Phi) is 4.94. The van der Waals surface area contributed by atoms with Crippen molar-refractivity contribution in [3.05, 3.63) is 58.6 Å². The molecule has 1 amide bonds. The number of benzene rings is 2. The molecule has 0 saturated carbocycles. The Balaban J connectivity index is 1.92. The highest BCUT2D eigenvalue weighted by atomic mass is 79.9. The number of nitrogens with one attached hydrogen (secondary N) is 1. The molecule has 2 aromatic rings. The molecule has 0 aromatic heterocycles. The molecule has 0 aliphatic carbocycles. The molecule has 0 bridgehead atoms. The topological polar surface area (TPSA) is 81.4 Å². The first-order chi connectivity index (χ1) is 10.1. The summed E-state index contributed by atoms with van der Waals surface area (Å²) < 4.78 is 5.42. The third-order valence-electron chi connectivity index (χ3n) is 2.64. The molecular weight excluding hydrogens is 336 g/mol. The fraction of sp³-hybridized carbons (Fsp3) is 0.0667. The summed E-state index contributed by atoms with van der Waals surface area (Å²) in [6, 6.07) is 13.8. The zero-order chi connectivity index (χ0) is 15.2. The van der Waals surface area contributed by atoms with Gasteiger partial charge < -0.3 is 15.8 Å². The normalized spacial score (nSPS) is 9.95. The molecule has 0 fully saturated rings. The molecule has 0 spiro atoms. The lowest BCUT2D eigenvalue weighted by molar-refractivity contribution is -0.119. The molecule has 0 aliphatic heterocycles. The average molecular weight is 349 g/mol. The van der Waals surface area contributed by atoms with Crippen molar-refractivity contribution < 1.29 is 14.3 Å². The van der Waals surface area contributed by atoms with Crippen LogP contribution in [0.15, 0.2) is 53.0 Å². The van der Waals surface area contributed by atoms with Gasteiger partial charge in [-0.25, -0.2) is 4.79 Å². The summed E-state index contributed by atoms with van der Waals surface area (Å²) in [6.45, 7) is -0.366. The van der Waals surface area contributed by atoms with Crippen molar-refractivity contribution in [3.63, 3.8) is 0 Å². The van der Waals surface area contributed by atoms with Crippen molar-refractivity contribution in [2.45, 2.75) is 0 Å². The molecule has 0 heterocycles. The van der Waals surface area contributed by atoms with Crippen molar-refractivity contribution in [3.8, 4) is 0 Å². The van der Waals surface area contributed by atoms with Gasteiger partial charge in [-0.3, -0.25) is 4.79 Å². The van der Waals surface area contributed by atoms with Gasteiger partial charge in [0.25, 0.3) is 5.91 Å². The van der Waals surface area contributed by atoms with Crippen LogP contribution in [0.4, 0.5) is 11.4 Å². The third-order valence-corrected chi connectivity index (χ3v) is 3.53. The lowest BCUT2D eigenvalue weighted by atomic mass is 10.2. The second-order valence-corrected chi connectivity index (χ2v) is 4.99. The number of nitrogen functional groups attached to an aromatic ring is 1. The second kappa shape index (κ2) is 6.90. The number of nitrogens with two attached hydrogens (primary N) is 1. The van der Waals surface area contributed by atoms with Crippen molar-refractivity contribution in [2.75, 3.05) is 17.7 Å².